The Kier molecular flexibility index (Phi) is 3.65. The zero-order chi connectivity index (χ0) is 7.44. The van der Waals surface area contributed by atoms with Crippen molar-refractivity contribution in [2.45, 2.75) is 24.6 Å². The summed E-state index contributed by atoms with van der Waals surface area (Å²) < 4.78 is 0. The van der Waals surface area contributed by atoms with E-state index in [1.807, 2.05) is 6.92 Å². The van der Waals surface area contributed by atoms with Gasteiger partial charge in [0.25, 0.3) is 0 Å². The first kappa shape index (κ1) is 8.78. The van der Waals surface area contributed by atoms with E-state index >= 15 is 0 Å². The minimum Gasteiger partial charge on any atom is -0.480 e. The quantitative estimate of drug-likeness (QED) is 0.499. The topological polar surface area (TPSA) is 63.3 Å². The highest BCUT2D eigenvalue weighted by atomic mass is 32.1. The van der Waals surface area contributed by atoms with Crippen molar-refractivity contribution in [1.29, 1.82) is 0 Å². The first-order valence-electron chi connectivity index (χ1n) is 2.76. The number of nitrogens with two attached hydrogens (primary N) is 1. The van der Waals surface area contributed by atoms with Gasteiger partial charge in [0.05, 0.1) is 0 Å². The average molecular weight is 149 g/mol. The van der Waals surface area contributed by atoms with Crippen molar-refractivity contribution >= 4 is 18.6 Å². The van der Waals surface area contributed by atoms with Crippen LogP contribution in [0.1, 0.15) is 13.3 Å². The van der Waals surface area contributed by atoms with Crippen LogP contribution in [0.15, 0.2) is 0 Å². The van der Waals surface area contributed by atoms with Crippen LogP contribution < -0.4 is 5.73 Å². The number of carboxylic acid groups (broad SMARTS) is 1. The highest BCUT2D eigenvalue weighted by molar-refractivity contribution is 7.81. The van der Waals surface area contributed by atoms with Gasteiger partial charge in [0.15, 0.2) is 0 Å². The summed E-state index contributed by atoms with van der Waals surface area (Å²) in [5.74, 6) is -0.989. The SMILES string of the molecule is CCC(S)[C@@H](N)C(=O)O. The Bertz CT molecular complexity index is 107. The van der Waals surface area contributed by atoms with Gasteiger partial charge in [-0.15, -0.1) is 0 Å². The van der Waals surface area contributed by atoms with E-state index in [1.54, 1.807) is 0 Å². The summed E-state index contributed by atoms with van der Waals surface area (Å²) in [6.07, 6.45) is 0.677. The lowest BCUT2D eigenvalue weighted by atomic mass is 10.2. The molecule has 0 aliphatic heterocycles. The average Bonchev–Trinajstić information content (AvgIpc) is 1.84. The highest BCUT2D eigenvalue weighted by Gasteiger charge is 2.18. The molecule has 1 unspecified atom stereocenters. The minimum absolute atomic E-state index is 0.234. The number of thiol groups is 1. The number of carboxylic acids is 1. The molecule has 0 amide bonds. The number of hydrogen-bond donors (Lipinski definition) is 3. The fraction of sp³-hybridized carbons (Fsp3) is 0.800. The van der Waals surface area contributed by atoms with Crippen molar-refractivity contribution in [2.24, 2.45) is 5.73 Å². The molecule has 3 nitrogen and oxygen atoms in total. The first-order valence-corrected chi connectivity index (χ1v) is 3.27. The molecule has 3 N–H and O–H groups in total. The molecular weight excluding hydrogens is 138 g/mol. The maximum Gasteiger partial charge on any atom is 0.321 e. The molecule has 0 saturated carbocycles. The highest BCUT2D eigenvalue weighted by Crippen LogP contribution is 2.03. The molecule has 0 bridgehead atoms. The largest absolute Gasteiger partial charge is 0.480 e. The molecule has 0 heterocycles. The Labute approximate surface area is 59.6 Å². The van der Waals surface area contributed by atoms with Gasteiger partial charge in [-0.1, -0.05) is 6.92 Å². The third-order valence-corrected chi connectivity index (χ3v) is 1.80. The minimum atomic E-state index is -0.989. The van der Waals surface area contributed by atoms with E-state index < -0.39 is 12.0 Å². The fourth-order valence-electron chi connectivity index (χ4n) is 0.419. The molecule has 0 aliphatic rings. The van der Waals surface area contributed by atoms with Gasteiger partial charge in [0.1, 0.15) is 6.04 Å². The summed E-state index contributed by atoms with van der Waals surface area (Å²) in [6, 6.07) is -0.835. The Morgan fingerprint density at radius 1 is 1.89 bits per heavy atom. The Morgan fingerprint density at radius 3 is 2.44 bits per heavy atom. The normalized spacial score (nSPS) is 16.8. The van der Waals surface area contributed by atoms with Crippen molar-refractivity contribution in [3.05, 3.63) is 0 Å². The summed E-state index contributed by atoms with van der Waals surface area (Å²) in [5.41, 5.74) is 5.19. The second-order valence-corrected chi connectivity index (χ2v) is 2.50. The summed E-state index contributed by atoms with van der Waals surface area (Å²) in [7, 11) is 0. The predicted molar refractivity (Wildman–Crippen MR) is 38.7 cm³/mol. The number of aliphatic carboxylic acids is 1. The van der Waals surface area contributed by atoms with Crippen LogP contribution in [0.4, 0.5) is 0 Å². The van der Waals surface area contributed by atoms with Crippen LogP contribution in [0, 0.1) is 0 Å². The third-order valence-electron chi connectivity index (χ3n) is 1.12. The lowest BCUT2D eigenvalue weighted by Crippen LogP contribution is -2.38. The molecule has 0 aromatic carbocycles. The molecule has 54 valence electrons. The van der Waals surface area contributed by atoms with Gasteiger partial charge in [-0.3, -0.25) is 4.79 Å². The molecule has 0 saturated heterocycles. The van der Waals surface area contributed by atoms with Crippen LogP contribution in [0.5, 0.6) is 0 Å². The Hall–Kier alpha value is -0.220. The summed E-state index contributed by atoms with van der Waals surface area (Å²) in [5, 5.41) is 8.08. The molecule has 0 fully saturated rings. The van der Waals surface area contributed by atoms with Gasteiger partial charge in [-0.25, -0.2) is 0 Å². The van der Waals surface area contributed by atoms with Crippen molar-refractivity contribution in [3.8, 4) is 0 Å². The van der Waals surface area contributed by atoms with Gasteiger partial charge in [-0.05, 0) is 6.42 Å². The monoisotopic (exact) mass is 149 g/mol. The maximum atomic E-state index is 10.1. The second-order valence-electron chi connectivity index (χ2n) is 1.84. The van der Waals surface area contributed by atoms with Gasteiger partial charge < -0.3 is 10.8 Å². The van der Waals surface area contributed by atoms with E-state index in [2.05, 4.69) is 12.6 Å². The van der Waals surface area contributed by atoms with E-state index in [1.165, 1.54) is 0 Å². The smallest absolute Gasteiger partial charge is 0.321 e. The van der Waals surface area contributed by atoms with Crippen molar-refractivity contribution < 1.29 is 9.90 Å². The molecule has 0 radical (unpaired) electrons. The van der Waals surface area contributed by atoms with Crippen LogP contribution in [0.3, 0.4) is 0 Å². The molecule has 0 aliphatic carbocycles. The van der Waals surface area contributed by atoms with Crippen molar-refractivity contribution in [3.63, 3.8) is 0 Å². The van der Waals surface area contributed by atoms with Crippen LogP contribution in [-0.2, 0) is 4.79 Å². The molecule has 0 spiro atoms. The molecule has 9 heavy (non-hydrogen) atoms. The summed E-state index contributed by atoms with van der Waals surface area (Å²) in [4.78, 5) is 10.1. The first-order chi connectivity index (χ1) is 4.09. The lowest BCUT2D eigenvalue weighted by Gasteiger charge is -2.11. The van der Waals surface area contributed by atoms with Gasteiger partial charge in [0, 0.05) is 5.25 Å². The summed E-state index contributed by atoms with van der Waals surface area (Å²) in [6.45, 7) is 1.85. The second kappa shape index (κ2) is 3.74. The van der Waals surface area contributed by atoms with E-state index in [9.17, 15) is 4.79 Å². The number of hydrogen-bond acceptors (Lipinski definition) is 3. The van der Waals surface area contributed by atoms with Gasteiger partial charge >= 0.3 is 5.97 Å². The molecule has 0 rings (SSSR count). The molecule has 0 aromatic heterocycles. The predicted octanol–water partition coefficient (Wildman–Crippen LogP) is 0.107. The van der Waals surface area contributed by atoms with Gasteiger partial charge in [-0.2, -0.15) is 12.6 Å². The summed E-state index contributed by atoms with van der Waals surface area (Å²) >= 11 is 3.96. The Morgan fingerprint density at radius 2 is 2.33 bits per heavy atom. The third kappa shape index (κ3) is 2.72. The lowest BCUT2D eigenvalue weighted by molar-refractivity contribution is -0.138. The van der Waals surface area contributed by atoms with Crippen LogP contribution in [0.25, 0.3) is 0 Å². The number of rotatable bonds is 3. The van der Waals surface area contributed by atoms with Crippen LogP contribution in [-0.4, -0.2) is 22.4 Å². The van der Waals surface area contributed by atoms with Crippen molar-refractivity contribution in [1.82, 2.24) is 0 Å². The van der Waals surface area contributed by atoms with E-state index in [-0.39, 0.29) is 5.25 Å². The zero-order valence-corrected chi connectivity index (χ0v) is 6.14. The van der Waals surface area contributed by atoms with E-state index in [0.717, 1.165) is 0 Å². The Balaban J connectivity index is 3.72. The van der Waals surface area contributed by atoms with E-state index in [0.29, 0.717) is 6.42 Å². The number of carbonyl (C=O) groups is 1. The van der Waals surface area contributed by atoms with Gasteiger partial charge in [0.2, 0.25) is 0 Å². The zero-order valence-electron chi connectivity index (χ0n) is 5.24. The van der Waals surface area contributed by atoms with E-state index in [4.69, 9.17) is 10.8 Å². The van der Waals surface area contributed by atoms with Crippen molar-refractivity contribution in [2.75, 3.05) is 0 Å². The standard InChI is InChI=1S/C5H11NO2S/c1-2-3(9)4(6)5(7)8/h3-4,9H,2,6H2,1H3,(H,7,8)/t3?,4-/m1/s1. The molecule has 0 aromatic rings. The molecule has 4 heteroatoms. The molecule has 2 atom stereocenters. The maximum absolute atomic E-state index is 10.1. The van der Waals surface area contributed by atoms with Crippen LogP contribution in [0.2, 0.25) is 0 Å². The fourth-order valence-corrected chi connectivity index (χ4v) is 0.546. The molecular formula is C5H11NO2S. The van der Waals surface area contributed by atoms with Crippen LogP contribution >= 0.6 is 12.6 Å².